The van der Waals surface area contributed by atoms with Crippen LogP contribution in [-0.2, 0) is 0 Å². The van der Waals surface area contributed by atoms with Gasteiger partial charge in [0.2, 0.25) is 5.95 Å². The average Bonchev–Trinajstić information content (AvgIpc) is 2.94. The first kappa shape index (κ1) is 13.3. The molecular formula is C16H15FN4. The van der Waals surface area contributed by atoms with E-state index < -0.39 is 0 Å². The average molecular weight is 282 g/mol. The molecule has 2 aromatic carbocycles. The number of rotatable bonds is 3. The summed E-state index contributed by atoms with van der Waals surface area (Å²) in [5.41, 5.74) is 1.72. The summed E-state index contributed by atoms with van der Waals surface area (Å²) in [4.78, 5) is 6.44. The van der Waals surface area contributed by atoms with E-state index in [2.05, 4.69) is 10.1 Å². The van der Waals surface area contributed by atoms with Crippen LogP contribution in [0.4, 0.5) is 10.3 Å². The Kier molecular flexibility index (Phi) is 3.39. The third-order valence-electron chi connectivity index (χ3n) is 3.09. The highest BCUT2D eigenvalue weighted by atomic mass is 19.1. The number of aromatic nitrogens is 3. The predicted molar refractivity (Wildman–Crippen MR) is 81.1 cm³/mol. The second kappa shape index (κ2) is 5.36. The van der Waals surface area contributed by atoms with Crippen LogP contribution in [-0.4, -0.2) is 28.9 Å². The molecule has 0 aliphatic rings. The Morgan fingerprint density at radius 3 is 2.24 bits per heavy atom. The van der Waals surface area contributed by atoms with Gasteiger partial charge >= 0.3 is 0 Å². The second-order valence-electron chi connectivity index (χ2n) is 4.88. The second-order valence-corrected chi connectivity index (χ2v) is 4.88. The first-order valence-corrected chi connectivity index (χ1v) is 6.61. The van der Waals surface area contributed by atoms with Crippen LogP contribution < -0.4 is 4.90 Å². The third-order valence-corrected chi connectivity index (χ3v) is 3.09. The molecule has 0 saturated heterocycles. The zero-order valence-corrected chi connectivity index (χ0v) is 11.9. The molecular weight excluding hydrogens is 267 g/mol. The van der Waals surface area contributed by atoms with Crippen LogP contribution in [0.15, 0.2) is 54.6 Å². The molecule has 1 aromatic heterocycles. The summed E-state index contributed by atoms with van der Waals surface area (Å²) in [6, 6.07) is 16.0. The van der Waals surface area contributed by atoms with Crippen molar-refractivity contribution in [3.63, 3.8) is 0 Å². The normalized spacial score (nSPS) is 10.6. The van der Waals surface area contributed by atoms with Gasteiger partial charge in [0.25, 0.3) is 0 Å². The predicted octanol–water partition coefficient (Wildman–Crippen LogP) is 3.14. The smallest absolute Gasteiger partial charge is 0.228 e. The first-order valence-electron chi connectivity index (χ1n) is 6.61. The fourth-order valence-corrected chi connectivity index (χ4v) is 2.06. The molecule has 0 saturated carbocycles. The van der Waals surface area contributed by atoms with E-state index in [0.717, 1.165) is 17.2 Å². The van der Waals surface area contributed by atoms with Crippen LogP contribution in [0.5, 0.6) is 0 Å². The first-order chi connectivity index (χ1) is 10.1. The van der Waals surface area contributed by atoms with Gasteiger partial charge in [-0.15, -0.1) is 5.10 Å². The molecule has 3 rings (SSSR count). The standard InChI is InChI=1S/C16H15FN4/c1-20(2)16-18-15(12-8-10-13(17)11-9-12)19-21(16)14-6-4-3-5-7-14/h3-11H,1-2H3. The van der Waals surface area contributed by atoms with Crippen LogP contribution in [0.3, 0.4) is 0 Å². The molecule has 0 amide bonds. The van der Waals surface area contributed by atoms with Crippen LogP contribution in [0.1, 0.15) is 0 Å². The lowest BCUT2D eigenvalue weighted by atomic mass is 10.2. The largest absolute Gasteiger partial charge is 0.347 e. The molecule has 5 heteroatoms. The van der Waals surface area contributed by atoms with Crippen molar-refractivity contribution >= 4 is 5.95 Å². The highest BCUT2D eigenvalue weighted by molar-refractivity contribution is 5.57. The molecule has 0 unspecified atom stereocenters. The van der Waals surface area contributed by atoms with E-state index in [4.69, 9.17) is 0 Å². The lowest BCUT2D eigenvalue weighted by Gasteiger charge is -2.12. The van der Waals surface area contributed by atoms with E-state index in [1.54, 1.807) is 16.8 Å². The molecule has 0 aliphatic carbocycles. The van der Waals surface area contributed by atoms with E-state index in [1.807, 2.05) is 49.3 Å². The molecule has 0 aliphatic heterocycles. The topological polar surface area (TPSA) is 34.0 Å². The number of nitrogens with zero attached hydrogens (tertiary/aromatic N) is 4. The molecule has 0 bridgehead atoms. The lowest BCUT2D eigenvalue weighted by molar-refractivity contribution is 0.628. The van der Waals surface area contributed by atoms with Crippen molar-refractivity contribution in [2.75, 3.05) is 19.0 Å². The number of hydrogen-bond acceptors (Lipinski definition) is 3. The van der Waals surface area contributed by atoms with Gasteiger partial charge in [0, 0.05) is 19.7 Å². The minimum atomic E-state index is -0.269. The van der Waals surface area contributed by atoms with Crippen molar-refractivity contribution in [1.29, 1.82) is 0 Å². The fraction of sp³-hybridized carbons (Fsp3) is 0.125. The van der Waals surface area contributed by atoms with Gasteiger partial charge in [0.15, 0.2) is 5.82 Å². The summed E-state index contributed by atoms with van der Waals surface area (Å²) in [5.74, 6) is 1.03. The van der Waals surface area contributed by atoms with E-state index in [0.29, 0.717) is 5.82 Å². The minimum absolute atomic E-state index is 0.269. The van der Waals surface area contributed by atoms with Gasteiger partial charge in [-0.25, -0.2) is 4.39 Å². The Balaban J connectivity index is 2.11. The molecule has 0 atom stereocenters. The SMILES string of the molecule is CN(C)c1nc(-c2ccc(F)cc2)nn1-c1ccccc1. The van der Waals surface area contributed by atoms with Gasteiger partial charge in [0.05, 0.1) is 5.69 Å². The quantitative estimate of drug-likeness (QED) is 0.740. The summed E-state index contributed by atoms with van der Waals surface area (Å²) >= 11 is 0. The van der Waals surface area contributed by atoms with Gasteiger partial charge in [0.1, 0.15) is 5.82 Å². The molecule has 0 spiro atoms. The summed E-state index contributed by atoms with van der Waals surface area (Å²) < 4.78 is 14.8. The van der Waals surface area contributed by atoms with Crippen molar-refractivity contribution < 1.29 is 4.39 Å². The number of anilines is 1. The highest BCUT2D eigenvalue weighted by Crippen LogP contribution is 2.22. The maximum Gasteiger partial charge on any atom is 0.228 e. The molecule has 4 nitrogen and oxygen atoms in total. The van der Waals surface area contributed by atoms with Crippen LogP contribution in [0.25, 0.3) is 17.1 Å². The van der Waals surface area contributed by atoms with Crippen molar-refractivity contribution in [1.82, 2.24) is 14.8 Å². The van der Waals surface area contributed by atoms with Crippen LogP contribution >= 0.6 is 0 Å². The number of benzene rings is 2. The third kappa shape index (κ3) is 2.63. The van der Waals surface area contributed by atoms with E-state index in [9.17, 15) is 4.39 Å². The minimum Gasteiger partial charge on any atom is -0.347 e. The van der Waals surface area contributed by atoms with Gasteiger partial charge in [-0.2, -0.15) is 9.67 Å². The molecule has 3 aromatic rings. The monoisotopic (exact) mass is 282 g/mol. The maximum atomic E-state index is 13.0. The Labute approximate surface area is 122 Å². The zero-order valence-electron chi connectivity index (χ0n) is 11.9. The summed E-state index contributed by atoms with van der Waals surface area (Å²) in [7, 11) is 3.83. The lowest BCUT2D eigenvalue weighted by Crippen LogP contribution is -2.15. The van der Waals surface area contributed by atoms with Crippen LogP contribution in [0.2, 0.25) is 0 Å². The van der Waals surface area contributed by atoms with Crippen molar-refractivity contribution in [2.24, 2.45) is 0 Å². The Hall–Kier alpha value is -2.69. The zero-order chi connectivity index (χ0) is 14.8. The fourth-order valence-electron chi connectivity index (χ4n) is 2.06. The van der Waals surface area contributed by atoms with E-state index in [1.165, 1.54) is 12.1 Å². The van der Waals surface area contributed by atoms with Gasteiger partial charge in [-0.05, 0) is 36.4 Å². The van der Waals surface area contributed by atoms with Crippen molar-refractivity contribution in [2.45, 2.75) is 0 Å². The Bertz CT molecular complexity index is 733. The van der Waals surface area contributed by atoms with Gasteiger partial charge < -0.3 is 4.90 Å². The molecule has 0 fully saturated rings. The van der Waals surface area contributed by atoms with E-state index >= 15 is 0 Å². The molecule has 0 N–H and O–H groups in total. The number of hydrogen-bond donors (Lipinski definition) is 0. The Morgan fingerprint density at radius 2 is 1.62 bits per heavy atom. The molecule has 21 heavy (non-hydrogen) atoms. The van der Waals surface area contributed by atoms with Gasteiger partial charge in [-0.1, -0.05) is 18.2 Å². The molecule has 0 radical (unpaired) electrons. The van der Waals surface area contributed by atoms with Crippen molar-refractivity contribution in [3.05, 3.63) is 60.4 Å². The van der Waals surface area contributed by atoms with Crippen LogP contribution in [0, 0.1) is 5.82 Å². The highest BCUT2D eigenvalue weighted by Gasteiger charge is 2.14. The Morgan fingerprint density at radius 1 is 0.952 bits per heavy atom. The number of para-hydroxylation sites is 1. The molecule has 106 valence electrons. The summed E-state index contributed by atoms with van der Waals surface area (Å²) in [6.07, 6.45) is 0. The maximum absolute atomic E-state index is 13.0. The van der Waals surface area contributed by atoms with E-state index in [-0.39, 0.29) is 5.82 Å². The number of halogens is 1. The summed E-state index contributed by atoms with van der Waals surface area (Å²) in [6.45, 7) is 0. The molecule has 1 heterocycles. The van der Waals surface area contributed by atoms with Gasteiger partial charge in [-0.3, -0.25) is 0 Å². The van der Waals surface area contributed by atoms with Crippen molar-refractivity contribution in [3.8, 4) is 17.1 Å². The summed E-state index contributed by atoms with van der Waals surface area (Å²) in [5, 5.41) is 4.54.